The van der Waals surface area contributed by atoms with Crippen LogP contribution >= 0.6 is 55.1 Å². The first-order chi connectivity index (χ1) is 14.7. The molecule has 0 N–H and O–H groups in total. The van der Waals surface area contributed by atoms with Gasteiger partial charge in [0, 0.05) is 19.7 Å². The Morgan fingerprint density at radius 3 is 2.06 bits per heavy atom. The van der Waals surface area contributed by atoms with E-state index < -0.39 is 17.8 Å². The van der Waals surface area contributed by atoms with Gasteiger partial charge in [-0.2, -0.15) is 0 Å². The van der Waals surface area contributed by atoms with Crippen LogP contribution in [-0.4, -0.2) is 27.4 Å². The number of anilines is 1. The number of carbonyl (C=O) groups excluding carboxylic acids is 3. The minimum Gasteiger partial charge on any atom is -0.424 e. The van der Waals surface area contributed by atoms with Crippen molar-refractivity contribution >= 4 is 78.5 Å². The minimum atomic E-state index is -0.525. The Morgan fingerprint density at radius 2 is 1.48 bits per heavy atom. The predicted molar refractivity (Wildman–Crippen MR) is 126 cm³/mol. The molecule has 0 bridgehead atoms. The smallest absolute Gasteiger partial charge is 0.315 e. The Bertz CT molecular complexity index is 1020. The van der Waals surface area contributed by atoms with Gasteiger partial charge in [-0.3, -0.25) is 14.4 Å². The van der Waals surface area contributed by atoms with Crippen LogP contribution in [0.15, 0.2) is 42.5 Å². The number of carbonyl (C=O) groups is 3. The molecule has 4 rings (SSSR count). The second-order valence-electron chi connectivity index (χ2n) is 7.62. The summed E-state index contributed by atoms with van der Waals surface area (Å²) in [6.45, 7) is 0. The molecule has 1 aliphatic carbocycles. The quantitative estimate of drug-likeness (QED) is 0.203. The first-order valence-corrected chi connectivity index (χ1v) is 12.2. The number of hydrogen-bond donors (Lipinski definition) is 0. The van der Waals surface area contributed by atoms with Crippen LogP contribution in [0.2, 0.25) is 10.0 Å². The average Bonchev–Trinajstić information content (AvgIpc) is 2.95. The number of imide groups is 1. The van der Waals surface area contributed by atoms with Crippen molar-refractivity contribution in [3.8, 4) is 5.75 Å². The maximum absolute atomic E-state index is 13.1. The molecule has 1 saturated heterocycles. The van der Waals surface area contributed by atoms with E-state index in [1.54, 1.807) is 30.3 Å². The Labute approximate surface area is 206 Å². The highest BCUT2D eigenvalue weighted by atomic mass is 79.9. The van der Waals surface area contributed by atoms with Gasteiger partial charge in [-0.15, -0.1) is 0 Å². The third-order valence-electron chi connectivity index (χ3n) is 5.56. The Morgan fingerprint density at radius 1 is 0.935 bits per heavy atom. The maximum Gasteiger partial charge on any atom is 0.315 e. The molecule has 0 radical (unpaired) electrons. The molecule has 2 aromatic carbocycles. The van der Waals surface area contributed by atoms with Gasteiger partial charge in [-0.25, -0.2) is 4.90 Å². The molecule has 4 unspecified atom stereocenters. The van der Waals surface area contributed by atoms with E-state index in [0.29, 0.717) is 22.9 Å². The normalized spacial score (nSPS) is 25.5. The summed E-state index contributed by atoms with van der Waals surface area (Å²) in [4.78, 5) is 40.1. The van der Waals surface area contributed by atoms with Crippen LogP contribution in [0.4, 0.5) is 5.69 Å². The van der Waals surface area contributed by atoms with Crippen LogP contribution in [-0.2, 0) is 20.8 Å². The molecule has 31 heavy (non-hydrogen) atoms. The summed E-state index contributed by atoms with van der Waals surface area (Å²) in [5.74, 6) is -1.82. The molecular formula is C22H17Br2Cl2NO4. The number of ether oxygens (including phenoxy) is 1. The van der Waals surface area contributed by atoms with Crippen molar-refractivity contribution in [2.75, 3.05) is 4.90 Å². The van der Waals surface area contributed by atoms with Gasteiger partial charge in [0.25, 0.3) is 0 Å². The SMILES string of the molecule is O=C(Cc1ccc(Cl)cc1)Oc1ccc(Cl)cc1N1C(=O)C2CC(Br)C(Br)CC2C1=O. The topological polar surface area (TPSA) is 63.7 Å². The molecule has 2 aliphatic rings. The summed E-state index contributed by atoms with van der Waals surface area (Å²) in [5.41, 5.74) is 0.926. The molecule has 2 amide bonds. The van der Waals surface area contributed by atoms with Crippen LogP contribution in [0.3, 0.4) is 0 Å². The van der Waals surface area contributed by atoms with E-state index in [1.807, 2.05) is 0 Å². The summed E-state index contributed by atoms with van der Waals surface area (Å²) in [6.07, 6.45) is 1.12. The number of alkyl halides is 2. The van der Waals surface area contributed by atoms with E-state index in [4.69, 9.17) is 27.9 Å². The van der Waals surface area contributed by atoms with Crippen LogP contribution in [0.5, 0.6) is 5.75 Å². The zero-order valence-corrected chi connectivity index (χ0v) is 20.7. The highest BCUT2D eigenvalue weighted by Crippen LogP contribution is 2.46. The second kappa shape index (κ2) is 9.22. The van der Waals surface area contributed by atoms with Crippen molar-refractivity contribution in [2.24, 2.45) is 11.8 Å². The third kappa shape index (κ3) is 4.70. The van der Waals surface area contributed by atoms with Crippen molar-refractivity contribution in [1.82, 2.24) is 0 Å². The zero-order valence-electron chi connectivity index (χ0n) is 16.1. The Hall–Kier alpha value is -1.41. The summed E-state index contributed by atoms with van der Waals surface area (Å²) >= 11 is 19.2. The van der Waals surface area contributed by atoms with E-state index in [1.165, 1.54) is 12.1 Å². The van der Waals surface area contributed by atoms with Gasteiger partial charge in [0.05, 0.1) is 23.9 Å². The van der Waals surface area contributed by atoms with Crippen molar-refractivity contribution in [3.05, 3.63) is 58.1 Å². The molecule has 162 valence electrons. The summed E-state index contributed by atoms with van der Waals surface area (Å²) in [7, 11) is 0. The molecule has 4 atom stereocenters. The number of rotatable bonds is 4. The number of benzene rings is 2. The fourth-order valence-electron chi connectivity index (χ4n) is 4.01. The van der Waals surface area contributed by atoms with Crippen molar-refractivity contribution < 1.29 is 19.1 Å². The maximum atomic E-state index is 13.1. The number of amides is 2. The molecule has 0 spiro atoms. The third-order valence-corrected chi connectivity index (χ3v) is 8.78. The Kier molecular flexibility index (Phi) is 6.77. The monoisotopic (exact) mass is 587 g/mol. The predicted octanol–water partition coefficient (Wildman–Crippen LogP) is 5.57. The van der Waals surface area contributed by atoms with Crippen LogP contribution in [0.1, 0.15) is 18.4 Å². The highest BCUT2D eigenvalue weighted by molar-refractivity contribution is 9.12. The van der Waals surface area contributed by atoms with E-state index in [2.05, 4.69) is 31.9 Å². The number of halogens is 4. The molecule has 5 nitrogen and oxygen atoms in total. The molecular weight excluding hydrogens is 573 g/mol. The lowest BCUT2D eigenvalue weighted by atomic mass is 9.81. The summed E-state index contributed by atoms with van der Waals surface area (Å²) in [6, 6.07) is 11.4. The standard InChI is InChI=1S/C22H17Br2Cl2NO4/c23-16-9-14-15(10-17(16)24)22(30)27(21(14)29)18-8-13(26)5-6-19(18)31-20(28)7-11-1-3-12(25)4-2-11/h1-6,8,14-17H,7,9-10H2. The van der Waals surface area contributed by atoms with Crippen molar-refractivity contribution in [2.45, 2.75) is 28.9 Å². The van der Waals surface area contributed by atoms with Gasteiger partial charge in [0.15, 0.2) is 5.75 Å². The molecule has 1 heterocycles. The van der Waals surface area contributed by atoms with E-state index in [-0.39, 0.29) is 39.3 Å². The van der Waals surface area contributed by atoms with E-state index >= 15 is 0 Å². The minimum absolute atomic E-state index is 0.0168. The van der Waals surface area contributed by atoms with Gasteiger partial charge in [-0.05, 0) is 48.7 Å². The van der Waals surface area contributed by atoms with Gasteiger partial charge >= 0.3 is 5.97 Å². The Balaban J connectivity index is 1.60. The average molecular weight is 590 g/mol. The fraction of sp³-hybridized carbons (Fsp3) is 0.318. The van der Waals surface area contributed by atoms with E-state index in [9.17, 15) is 14.4 Å². The lowest BCUT2D eigenvalue weighted by molar-refractivity contribution is -0.133. The van der Waals surface area contributed by atoms with Gasteiger partial charge < -0.3 is 4.74 Å². The lowest BCUT2D eigenvalue weighted by Crippen LogP contribution is -2.34. The number of fused-ring (bicyclic) bond motifs is 1. The zero-order chi connectivity index (χ0) is 22.3. The second-order valence-corrected chi connectivity index (χ2v) is 10.8. The molecule has 9 heteroatoms. The van der Waals surface area contributed by atoms with Crippen molar-refractivity contribution in [1.29, 1.82) is 0 Å². The number of esters is 1. The van der Waals surface area contributed by atoms with Crippen molar-refractivity contribution in [3.63, 3.8) is 0 Å². The van der Waals surface area contributed by atoms with Crippen LogP contribution in [0.25, 0.3) is 0 Å². The summed E-state index contributed by atoms with van der Waals surface area (Å²) in [5, 5.41) is 0.903. The number of nitrogens with zero attached hydrogens (tertiary/aromatic N) is 1. The molecule has 0 aromatic heterocycles. The van der Waals surface area contributed by atoms with Gasteiger partial charge in [0.2, 0.25) is 11.8 Å². The van der Waals surface area contributed by atoms with Crippen LogP contribution in [0, 0.1) is 11.8 Å². The van der Waals surface area contributed by atoms with Gasteiger partial charge in [-0.1, -0.05) is 67.2 Å². The van der Waals surface area contributed by atoms with Crippen LogP contribution < -0.4 is 9.64 Å². The fourth-order valence-corrected chi connectivity index (χ4v) is 5.54. The highest BCUT2D eigenvalue weighted by Gasteiger charge is 2.53. The van der Waals surface area contributed by atoms with Gasteiger partial charge in [0.1, 0.15) is 0 Å². The first-order valence-electron chi connectivity index (χ1n) is 9.65. The lowest BCUT2D eigenvalue weighted by Gasteiger charge is -2.29. The molecule has 2 aromatic rings. The molecule has 1 saturated carbocycles. The molecule has 1 aliphatic heterocycles. The number of hydrogen-bond acceptors (Lipinski definition) is 4. The molecule has 2 fully saturated rings. The largest absolute Gasteiger partial charge is 0.424 e. The summed E-state index contributed by atoms with van der Waals surface area (Å²) < 4.78 is 5.54. The van der Waals surface area contributed by atoms with E-state index in [0.717, 1.165) is 10.5 Å². The first kappa shape index (κ1) is 22.8.